The molecule has 1 aromatic rings. The molecule has 1 aliphatic rings. The number of amides is 1. The van der Waals surface area contributed by atoms with Gasteiger partial charge < -0.3 is 19.4 Å². The van der Waals surface area contributed by atoms with Crippen LogP contribution in [0.15, 0.2) is 10.9 Å². The molecule has 1 aromatic heterocycles. The van der Waals surface area contributed by atoms with E-state index in [1.165, 1.54) is 25.4 Å². The quantitative estimate of drug-likeness (QED) is 0.634. The molecule has 0 unspecified atom stereocenters. The molecule has 0 bridgehead atoms. The minimum Gasteiger partial charge on any atom is -0.464 e. The van der Waals surface area contributed by atoms with Crippen molar-refractivity contribution in [2.24, 2.45) is 0 Å². The van der Waals surface area contributed by atoms with Gasteiger partial charge in [-0.05, 0) is 39.2 Å². The Hall–Kier alpha value is -1.71. The van der Waals surface area contributed by atoms with Gasteiger partial charge in [0.05, 0.1) is 18.3 Å². The highest BCUT2D eigenvalue weighted by atomic mass is 32.1. The molecule has 1 aliphatic heterocycles. The standard InChI is InChI=1S/C16H23BN2O5S/c1-10(20)18-8-11(17-23-15(2,3)16(4,5)24-17)7-13-19-12(9-25-13)14(21)22-6/h7,9H,8H2,1-6H3,(H,18,20). The largest absolute Gasteiger partial charge is 0.492 e. The number of nitrogens with zero attached hydrogens (tertiary/aromatic N) is 1. The Labute approximate surface area is 151 Å². The van der Waals surface area contributed by atoms with Crippen LogP contribution in [-0.2, 0) is 18.8 Å². The van der Waals surface area contributed by atoms with Crippen LogP contribution in [0.3, 0.4) is 0 Å². The van der Waals surface area contributed by atoms with E-state index in [2.05, 4.69) is 15.0 Å². The summed E-state index contributed by atoms with van der Waals surface area (Å²) in [5, 5.41) is 4.99. The third-order valence-electron chi connectivity index (χ3n) is 4.32. The molecule has 2 heterocycles. The van der Waals surface area contributed by atoms with Crippen molar-refractivity contribution in [1.29, 1.82) is 0 Å². The fourth-order valence-corrected chi connectivity index (χ4v) is 2.89. The van der Waals surface area contributed by atoms with Crippen LogP contribution in [0.2, 0.25) is 0 Å². The molecule has 0 saturated carbocycles. The minimum atomic E-state index is -0.609. The number of hydrogen-bond acceptors (Lipinski definition) is 7. The molecule has 136 valence electrons. The zero-order valence-corrected chi connectivity index (χ0v) is 16.2. The molecule has 1 N–H and O–H groups in total. The molecular formula is C16H23BN2O5S. The van der Waals surface area contributed by atoms with Crippen LogP contribution in [-0.4, -0.2) is 48.8 Å². The van der Waals surface area contributed by atoms with E-state index in [1.54, 1.807) is 11.5 Å². The van der Waals surface area contributed by atoms with Gasteiger partial charge in [-0.2, -0.15) is 0 Å². The predicted molar refractivity (Wildman–Crippen MR) is 96.2 cm³/mol. The molecule has 0 radical (unpaired) electrons. The molecule has 2 rings (SSSR count). The lowest BCUT2D eigenvalue weighted by molar-refractivity contribution is -0.118. The predicted octanol–water partition coefficient (Wildman–Crippen LogP) is 2.08. The van der Waals surface area contributed by atoms with E-state index in [4.69, 9.17) is 9.31 Å². The molecule has 9 heteroatoms. The Bertz CT molecular complexity index is 682. The maximum absolute atomic E-state index is 11.5. The lowest BCUT2D eigenvalue weighted by Gasteiger charge is -2.32. The Morgan fingerprint density at radius 1 is 1.32 bits per heavy atom. The number of methoxy groups -OCH3 is 1. The molecule has 0 atom stereocenters. The first-order valence-corrected chi connectivity index (χ1v) is 8.78. The molecule has 7 nitrogen and oxygen atoms in total. The van der Waals surface area contributed by atoms with Crippen LogP contribution in [0.1, 0.15) is 50.1 Å². The van der Waals surface area contributed by atoms with Crippen molar-refractivity contribution >= 4 is 36.4 Å². The molecule has 0 aromatic carbocycles. The van der Waals surface area contributed by atoms with Gasteiger partial charge in [0.15, 0.2) is 5.69 Å². The molecule has 1 fully saturated rings. The second kappa shape index (κ2) is 7.27. The second-order valence-corrected chi connectivity index (χ2v) is 7.67. The number of nitrogens with one attached hydrogen (secondary N) is 1. The number of hydrogen-bond donors (Lipinski definition) is 1. The SMILES string of the molecule is COC(=O)c1csc(C=C(CNC(C)=O)B2OC(C)(C)C(C)(C)O2)n1. The van der Waals surface area contributed by atoms with E-state index in [-0.39, 0.29) is 18.1 Å². The third kappa shape index (κ3) is 4.48. The third-order valence-corrected chi connectivity index (χ3v) is 5.11. The zero-order valence-electron chi connectivity index (χ0n) is 15.3. The summed E-state index contributed by atoms with van der Waals surface area (Å²) >= 11 is 1.30. The minimum absolute atomic E-state index is 0.156. The van der Waals surface area contributed by atoms with Crippen molar-refractivity contribution in [2.75, 3.05) is 13.7 Å². The van der Waals surface area contributed by atoms with Gasteiger partial charge in [-0.3, -0.25) is 4.79 Å². The second-order valence-electron chi connectivity index (χ2n) is 6.78. The number of esters is 1. The molecule has 1 amide bonds. The topological polar surface area (TPSA) is 86.8 Å². The average molecular weight is 366 g/mol. The smallest absolute Gasteiger partial charge is 0.464 e. The summed E-state index contributed by atoms with van der Waals surface area (Å²) in [6.45, 7) is 9.55. The highest BCUT2D eigenvalue weighted by molar-refractivity contribution is 7.10. The van der Waals surface area contributed by atoms with Crippen molar-refractivity contribution in [3.05, 3.63) is 21.6 Å². The number of rotatable bonds is 5. The van der Waals surface area contributed by atoms with Crippen LogP contribution in [0.25, 0.3) is 6.08 Å². The van der Waals surface area contributed by atoms with E-state index in [0.29, 0.717) is 5.01 Å². The molecule has 25 heavy (non-hydrogen) atoms. The normalized spacial score (nSPS) is 19.0. The van der Waals surface area contributed by atoms with E-state index >= 15 is 0 Å². The van der Waals surface area contributed by atoms with Gasteiger partial charge in [0.1, 0.15) is 5.01 Å². The first kappa shape index (κ1) is 19.6. The lowest BCUT2D eigenvalue weighted by atomic mass is 9.77. The van der Waals surface area contributed by atoms with Crippen molar-refractivity contribution in [1.82, 2.24) is 10.3 Å². The van der Waals surface area contributed by atoms with Crippen molar-refractivity contribution in [3.63, 3.8) is 0 Å². The molecule has 0 spiro atoms. The van der Waals surface area contributed by atoms with Crippen LogP contribution in [0.4, 0.5) is 0 Å². The molecular weight excluding hydrogens is 343 g/mol. The Morgan fingerprint density at radius 3 is 2.44 bits per heavy atom. The van der Waals surface area contributed by atoms with E-state index in [0.717, 1.165) is 5.47 Å². The fourth-order valence-electron chi connectivity index (χ4n) is 2.13. The highest BCUT2D eigenvalue weighted by Crippen LogP contribution is 2.38. The molecule has 0 aliphatic carbocycles. The number of aromatic nitrogens is 1. The average Bonchev–Trinajstić information content (AvgIpc) is 3.05. The van der Waals surface area contributed by atoms with Gasteiger partial charge in [0, 0.05) is 18.8 Å². The highest BCUT2D eigenvalue weighted by Gasteiger charge is 2.52. The van der Waals surface area contributed by atoms with Crippen molar-refractivity contribution in [2.45, 2.75) is 45.8 Å². The van der Waals surface area contributed by atoms with Crippen LogP contribution in [0.5, 0.6) is 0 Å². The zero-order chi connectivity index (χ0) is 18.8. The van der Waals surface area contributed by atoms with Crippen LogP contribution in [0, 0.1) is 0 Å². The Balaban J connectivity index is 2.28. The van der Waals surface area contributed by atoms with Gasteiger partial charge >= 0.3 is 13.1 Å². The summed E-state index contributed by atoms with van der Waals surface area (Å²) in [5.74, 6) is -0.647. The maximum atomic E-state index is 11.5. The van der Waals surface area contributed by atoms with Crippen LogP contribution < -0.4 is 5.32 Å². The van der Waals surface area contributed by atoms with Gasteiger partial charge in [-0.25, -0.2) is 9.78 Å². The summed E-state index contributed by atoms with van der Waals surface area (Å²) in [6, 6.07) is 0. The summed E-state index contributed by atoms with van der Waals surface area (Å²) in [5.41, 5.74) is -0.0220. The van der Waals surface area contributed by atoms with E-state index < -0.39 is 24.3 Å². The summed E-state index contributed by atoms with van der Waals surface area (Å²) in [4.78, 5) is 27.1. The van der Waals surface area contributed by atoms with Crippen molar-refractivity contribution in [3.8, 4) is 0 Å². The Morgan fingerprint density at radius 2 is 1.92 bits per heavy atom. The lowest BCUT2D eigenvalue weighted by Crippen LogP contribution is -2.41. The first-order valence-electron chi connectivity index (χ1n) is 7.90. The number of thiazole rings is 1. The van der Waals surface area contributed by atoms with E-state index in [1.807, 2.05) is 27.7 Å². The number of ether oxygens (including phenoxy) is 1. The van der Waals surface area contributed by atoms with Gasteiger partial charge in [0.25, 0.3) is 0 Å². The first-order chi connectivity index (χ1) is 11.6. The number of carbonyl (C=O) groups excluding carboxylic acids is 2. The van der Waals surface area contributed by atoms with Gasteiger partial charge in [-0.15, -0.1) is 11.3 Å². The summed E-state index contributed by atoms with van der Waals surface area (Å²) in [6.07, 6.45) is 1.77. The van der Waals surface area contributed by atoms with Crippen molar-refractivity contribution < 1.29 is 23.6 Å². The Kier molecular flexibility index (Phi) is 5.70. The number of carbonyl (C=O) groups is 2. The molecule has 1 saturated heterocycles. The van der Waals surface area contributed by atoms with Gasteiger partial charge in [0.2, 0.25) is 5.91 Å². The maximum Gasteiger partial charge on any atom is 0.492 e. The fraction of sp³-hybridized carbons (Fsp3) is 0.562. The summed E-state index contributed by atoms with van der Waals surface area (Å²) in [7, 11) is 0.700. The van der Waals surface area contributed by atoms with E-state index in [9.17, 15) is 9.59 Å². The summed E-state index contributed by atoms with van der Waals surface area (Å²) < 4.78 is 16.8. The van der Waals surface area contributed by atoms with Gasteiger partial charge in [-0.1, -0.05) is 0 Å². The van der Waals surface area contributed by atoms with Crippen LogP contribution >= 0.6 is 11.3 Å². The monoisotopic (exact) mass is 366 g/mol.